The van der Waals surface area contributed by atoms with E-state index in [0.29, 0.717) is 25.3 Å². The zero-order chi connectivity index (χ0) is 14.4. The van der Waals surface area contributed by atoms with E-state index in [-0.39, 0.29) is 5.91 Å². The average molecular weight is 275 g/mol. The van der Waals surface area contributed by atoms with Crippen molar-refractivity contribution in [3.8, 4) is 0 Å². The third-order valence-corrected chi connectivity index (χ3v) is 3.03. The molecule has 2 rings (SSSR count). The number of carbonyl (C=O) groups is 1. The molecular formula is C15H21N3O2. The number of nitrogens with zero attached hydrogens (tertiary/aromatic N) is 1. The number of fused-ring (bicyclic) bond motifs is 1. The lowest BCUT2D eigenvalue weighted by Gasteiger charge is -2.10. The highest BCUT2D eigenvalue weighted by molar-refractivity contribution is 5.98. The molecule has 5 heteroatoms. The first-order valence-corrected chi connectivity index (χ1v) is 6.74. The number of H-pyrrole nitrogens is 1. The number of aromatic amines is 1. The van der Waals surface area contributed by atoms with Crippen molar-refractivity contribution in [3.05, 3.63) is 36.0 Å². The van der Waals surface area contributed by atoms with Gasteiger partial charge in [0.25, 0.3) is 5.91 Å². The number of aromatic nitrogens is 1. The van der Waals surface area contributed by atoms with Gasteiger partial charge in [-0.25, -0.2) is 0 Å². The summed E-state index contributed by atoms with van der Waals surface area (Å²) < 4.78 is 5.43. The largest absolute Gasteiger partial charge is 0.378 e. The standard InChI is InChI=1S/C15H21N3O2/c1-18(2)8-10-20-9-7-17-15(19)13-3-4-14-12(11-13)5-6-16-14/h3-6,11,16H,7-10H2,1-2H3,(H,17,19). The molecule has 0 aliphatic heterocycles. The van der Waals surface area contributed by atoms with Crippen molar-refractivity contribution in [3.63, 3.8) is 0 Å². The van der Waals surface area contributed by atoms with E-state index >= 15 is 0 Å². The minimum atomic E-state index is -0.0655. The Morgan fingerprint density at radius 1 is 1.30 bits per heavy atom. The number of rotatable bonds is 7. The van der Waals surface area contributed by atoms with E-state index in [1.54, 1.807) is 0 Å². The molecule has 2 aromatic rings. The predicted molar refractivity (Wildman–Crippen MR) is 80.0 cm³/mol. The maximum absolute atomic E-state index is 12.0. The molecule has 0 radical (unpaired) electrons. The molecule has 1 amide bonds. The molecule has 0 aliphatic carbocycles. The summed E-state index contributed by atoms with van der Waals surface area (Å²) in [6, 6.07) is 7.57. The molecule has 0 fully saturated rings. The summed E-state index contributed by atoms with van der Waals surface area (Å²) in [5, 5.41) is 3.90. The molecule has 0 atom stereocenters. The predicted octanol–water partition coefficient (Wildman–Crippen LogP) is 1.48. The molecule has 1 heterocycles. The van der Waals surface area contributed by atoms with Crippen LogP contribution in [0.15, 0.2) is 30.5 Å². The molecule has 0 aliphatic rings. The normalized spacial score (nSPS) is 11.2. The minimum absolute atomic E-state index is 0.0655. The summed E-state index contributed by atoms with van der Waals surface area (Å²) in [7, 11) is 4.00. The smallest absolute Gasteiger partial charge is 0.251 e. The number of ether oxygens (including phenoxy) is 1. The summed E-state index contributed by atoms with van der Waals surface area (Å²) in [6.45, 7) is 2.62. The van der Waals surface area contributed by atoms with Crippen molar-refractivity contribution in [1.29, 1.82) is 0 Å². The Morgan fingerprint density at radius 2 is 2.15 bits per heavy atom. The van der Waals surface area contributed by atoms with Gasteiger partial charge < -0.3 is 19.9 Å². The Kier molecular flexibility index (Phi) is 5.15. The van der Waals surface area contributed by atoms with Crippen LogP contribution in [0.4, 0.5) is 0 Å². The molecule has 0 bridgehead atoms. The van der Waals surface area contributed by atoms with E-state index in [1.807, 2.05) is 44.6 Å². The first-order valence-electron chi connectivity index (χ1n) is 6.74. The van der Waals surface area contributed by atoms with Gasteiger partial charge in [-0.1, -0.05) is 0 Å². The van der Waals surface area contributed by atoms with E-state index < -0.39 is 0 Å². The van der Waals surface area contributed by atoms with Gasteiger partial charge in [0.1, 0.15) is 0 Å². The second-order valence-electron chi connectivity index (χ2n) is 4.95. The maximum atomic E-state index is 12.0. The van der Waals surface area contributed by atoms with Crippen LogP contribution in [-0.4, -0.2) is 56.2 Å². The topological polar surface area (TPSA) is 57.4 Å². The van der Waals surface area contributed by atoms with Crippen molar-refractivity contribution in [2.24, 2.45) is 0 Å². The number of nitrogens with one attached hydrogen (secondary N) is 2. The second kappa shape index (κ2) is 7.07. The van der Waals surface area contributed by atoms with Crippen LogP contribution in [0.3, 0.4) is 0 Å². The SMILES string of the molecule is CN(C)CCOCCNC(=O)c1ccc2[nH]ccc2c1. The fourth-order valence-corrected chi connectivity index (χ4v) is 1.88. The Labute approximate surface area is 118 Å². The maximum Gasteiger partial charge on any atom is 0.251 e. The first kappa shape index (κ1) is 14.6. The third kappa shape index (κ3) is 4.08. The highest BCUT2D eigenvalue weighted by atomic mass is 16.5. The summed E-state index contributed by atoms with van der Waals surface area (Å²) >= 11 is 0. The van der Waals surface area contributed by atoms with Crippen LogP contribution in [0.5, 0.6) is 0 Å². The number of carbonyl (C=O) groups excluding carboxylic acids is 1. The van der Waals surface area contributed by atoms with Gasteiger partial charge in [-0.15, -0.1) is 0 Å². The Balaban J connectivity index is 1.74. The van der Waals surface area contributed by atoms with Crippen LogP contribution < -0.4 is 5.32 Å². The number of hydrogen-bond donors (Lipinski definition) is 2. The van der Waals surface area contributed by atoms with Gasteiger partial charge in [-0.05, 0) is 38.4 Å². The number of amides is 1. The lowest BCUT2D eigenvalue weighted by atomic mass is 10.1. The van der Waals surface area contributed by atoms with Crippen LogP contribution in [0.2, 0.25) is 0 Å². The van der Waals surface area contributed by atoms with Crippen LogP contribution in [0, 0.1) is 0 Å². The molecule has 108 valence electrons. The van der Waals surface area contributed by atoms with Crippen LogP contribution in [0.1, 0.15) is 10.4 Å². The summed E-state index contributed by atoms with van der Waals surface area (Å²) in [5.74, 6) is -0.0655. The fraction of sp³-hybridized carbons (Fsp3) is 0.400. The van der Waals surface area contributed by atoms with Crippen LogP contribution >= 0.6 is 0 Å². The van der Waals surface area contributed by atoms with Gasteiger partial charge in [-0.2, -0.15) is 0 Å². The van der Waals surface area contributed by atoms with Crippen molar-refractivity contribution in [1.82, 2.24) is 15.2 Å². The minimum Gasteiger partial charge on any atom is -0.378 e. The van der Waals surface area contributed by atoms with Gasteiger partial charge >= 0.3 is 0 Å². The number of likely N-dealkylation sites (N-methyl/N-ethyl adjacent to an activating group) is 1. The highest BCUT2D eigenvalue weighted by Gasteiger charge is 2.05. The molecule has 0 spiro atoms. The Morgan fingerprint density at radius 3 is 2.95 bits per heavy atom. The molecule has 20 heavy (non-hydrogen) atoms. The number of benzene rings is 1. The second-order valence-corrected chi connectivity index (χ2v) is 4.95. The molecule has 1 aromatic carbocycles. The molecular weight excluding hydrogens is 254 g/mol. The van der Waals surface area contributed by atoms with E-state index in [1.165, 1.54) is 0 Å². The lowest BCUT2D eigenvalue weighted by Crippen LogP contribution is -2.28. The summed E-state index contributed by atoms with van der Waals surface area (Å²) in [5.41, 5.74) is 1.71. The molecule has 2 N–H and O–H groups in total. The third-order valence-electron chi connectivity index (χ3n) is 3.03. The summed E-state index contributed by atoms with van der Waals surface area (Å²) in [4.78, 5) is 17.1. The number of hydrogen-bond acceptors (Lipinski definition) is 3. The van der Waals surface area contributed by atoms with Gasteiger partial charge in [0.15, 0.2) is 0 Å². The van der Waals surface area contributed by atoms with Crippen molar-refractivity contribution in [2.45, 2.75) is 0 Å². The van der Waals surface area contributed by atoms with Crippen LogP contribution in [-0.2, 0) is 4.74 Å². The van der Waals surface area contributed by atoms with E-state index in [4.69, 9.17) is 4.74 Å². The van der Waals surface area contributed by atoms with E-state index in [9.17, 15) is 4.79 Å². The highest BCUT2D eigenvalue weighted by Crippen LogP contribution is 2.13. The molecule has 1 aromatic heterocycles. The van der Waals surface area contributed by atoms with Crippen LogP contribution in [0.25, 0.3) is 10.9 Å². The fourth-order valence-electron chi connectivity index (χ4n) is 1.88. The Bertz CT molecular complexity index is 563. The van der Waals surface area contributed by atoms with Crippen molar-refractivity contribution in [2.75, 3.05) is 40.4 Å². The summed E-state index contributed by atoms with van der Waals surface area (Å²) in [6.07, 6.45) is 1.87. The molecule has 5 nitrogen and oxygen atoms in total. The molecule has 0 saturated heterocycles. The monoisotopic (exact) mass is 275 g/mol. The van der Waals surface area contributed by atoms with Crippen molar-refractivity contribution >= 4 is 16.8 Å². The first-order chi connectivity index (χ1) is 9.66. The van der Waals surface area contributed by atoms with Gasteiger partial charge in [0.2, 0.25) is 0 Å². The van der Waals surface area contributed by atoms with Gasteiger partial charge in [0, 0.05) is 35.8 Å². The van der Waals surface area contributed by atoms with Gasteiger partial charge in [-0.3, -0.25) is 4.79 Å². The molecule has 0 unspecified atom stereocenters. The quantitative estimate of drug-likeness (QED) is 0.752. The van der Waals surface area contributed by atoms with E-state index in [0.717, 1.165) is 17.4 Å². The molecule has 0 saturated carbocycles. The Hall–Kier alpha value is -1.85. The van der Waals surface area contributed by atoms with E-state index in [2.05, 4.69) is 15.2 Å². The zero-order valence-electron chi connectivity index (χ0n) is 12.0. The van der Waals surface area contributed by atoms with Crippen molar-refractivity contribution < 1.29 is 9.53 Å². The lowest BCUT2D eigenvalue weighted by molar-refractivity contribution is 0.0900. The average Bonchev–Trinajstić information content (AvgIpc) is 2.89. The van der Waals surface area contributed by atoms with Gasteiger partial charge in [0.05, 0.1) is 13.2 Å². The zero-order valence-corrected chi connectivity index (χ0v) is 12.0.